The van der Waals surface area contributed by atoms with Gasteiger partial charge in [0.2, 0.25) is 0 Å². The first-order valence-electron chi connectivity index (χ1n) is 3.91. The lowest BCUT2D eigenvalue weighted by Crippen LogP contribution is -1.97. The zero-order valence-corrected chi connectivity index (χ0v) is 7.51. The fourth-order valence-corrected chi connectivity index (χ4v) is 1.01. The number of carbonyl (C=O) groups is 1. The number of aldehydes is 1. The van der Waals surface area contributed by atoms with Gasteiger partial charge in [0, 0.05) is 11.6 Å². The van der Waals surface area contributed by atoms with E-state index in [9.17, 15) is 19.3 Å². The minimum Gasteiger partial charge on any atom is -0.396 e. The summed E-state index contributed by atoms with van der Waals surface area (Å²) in [5.41, 5.74) is 4.80. The zero-order valence-electron chi connectivity index (χ0n) is 7.51. The Morgan fingerprint density at radius 3 is 2.67 bits per heavy atom. The number of carbonyl (C=O) groups excluding carboxylic acids is 1. The fourth-order valence-electron chi connectivity index (χ4n) is 1.01. The van der Waals surface area contributed by atoms with Crippen LogP contribution in [0.15, 0.2) is 18.2 Å². The van der Waals surface area contributed by atoms with Crippen LogP contribution >= 0.6 is 0 Å². The van der Waals surface area contributed by atoms with Crippen molar-refractivity contribution in [1.29, 1.82) is 0 Å². The van der Waals surface area contributed by atoms with Crippen LogP contribution in [0.3, 0.4) is 0 Å². The van der Waals surface area contributed by atoms with E-state index in [1.165, 1.54) is 6.08 Å². The van der Waals surface area contributed by atoms with Gasteiger partial charge in [0.1, 0.15) is 6.29 Å². The summed E-state index contributed by atoms with van der Waals surface area (Å²) < 4.78 is 13.1. The molecule has 1 aromatic rings. The number of benzene rings is 1. The average Bonchev–Trinajstić information content (AvgIpc) is 2.19. The summed E-state index contributed by atoms with van der Waals surface area (Å²) in [6, 6.07) is 1.83. The van der Waals surface area contributed by atoms with Crippen molar-refractivity contribution >= 4 is 23.7 Å². The van der Waals surface area contributed by atoms with Gasteiger partial charge in [-0.3, -0.25) is 14.9 Å². The molecule has 0 amide bonds. The highest BCUT2D eigenvalue weighted by Gasteiger charge is 2.12. The Morgan fingerprint density at radius 1 is 1.47 bits per heavy atom. The number of halogens is 1. The van der Waals surface area contributed by atoms with Crippen molar-refractivity contribution in [3.8, 4) is 0 Å². The second-order valence-corrected chi connectivity index (χ2v) is 2.68. The molecule has 6 heteroatoms. The molecule has 0 atom stereocenters. The van der Waals surface area contributed by atoms with E-state index in [0.29, 0.717) is 6.29 Å². The predicted molar refractivity (Wildman–Crippen MR) is 52.6 cm³/mol. The van der Waals surface area contributed by atoms with Gasteiger partial charge in [0.25, 0.3) is 5.69 Å². The van der Waals surface area contributed by atoms with E-state index < -0.39 is 16.4 Å². The van der Waals surface area contributed by atoms with E-state index in [0.717, 1.165) is 18.2 Å². The molecule has 1 rings (SSSR count). The number of nitrogens with zero attached hydrogens (tertiary/aromatic N) is 1. The molecule has 2 N–H and O–H groups in total. The number of nitrogen functional groups attached to an aromatic ring is 1. The minimum atomic E-state index is -0.880. The summed E-state index contributed by atoms with van der Waals surface area (Å²) in [7, 11) is 0. The number of allylic oxidation sites excluding steroid dienone is 1. The Labute approximate surface area is 84.2 Å². The lowest BCUT2D eigenvalue weighted by Gasteiger charge is -2.01. The van der Waals surface area contributed by atoms with Crippen molar-refractivity contribution in [2.75, 3.05) is 5.73 Å². The molecule has 0 fully saturated rings. The van der Waals surface area contributed by atoms with Crippen LogP contribution in [0, 0.1) is 15.9 Å². The predicted octanol–water partition coefficient (Wildman–Crippen LogP) is 1.53. The smallest absolute Gasteiger partial charge is 0.273 e. The highest BCUT2D eigenvalue weighted by atomic mass is 19.1. The number of non-ortho nitro benzene ring substituents is 1. The van der Waals surface area contributed by atoms with Crippen LogP contribution in [-0.4, -0.2) is 11.2 Å². The molecule has 0 radical (unpaired) electrons. The topological polar surface area (TPSA) is 86.2 Å². The molecule has 0 saturated heterocycles. The normalized spacial score (nSPS) is 10.5. The molecule has 15 heavy (non-hydrogen) atoms. The highest BCUT2D eigenvalue weighted by Crippen LogP contribution is 2.24. The van der Waals surface area contributed by atoms with Gasteiger partial charge in [-0.2, -0.15) is 0 Å². The fraction of sp³-hybridized carbons (Fsp3) is 0. The van der Waals surface area contributed by atoms with Gasteiger partial charge < -0.3 is 5.73 Å². The number of hydrogen-bond donors (Lipinski definition) is 1. The van der Waals surface area contributed by atoms with Gasteiger partial charge in [-0.05, 0) is 12.2 Å². The Balaban J connectivity index is 3.30. The quantitative estimate of drug-likeness (QED) is 0.269. The van der Waals surface area contributed by atoms with Gasteiger partial charge in [0.05, 0.1) is 16.7 Å². The Morgan fingerprint density at radius 2 is 2.13 bits per heavy atom. The number of anilines is 1. The first-order chi connectivity index (χ1) is 7.06. The number of nitro benzene ring substituents is 1. The number of nitrogens with two attached hydrogens (primary N) is 1. The van der Waals surface area contributed by atoms with Crippen molar-refractivity contribution < 1.29 is 14.1 Å². The molecule has 5 nitrogen and oxygen atoms in total. The van der Waals surface area contributed by atoms with Crippen LogP contribution in [0.5, 0.6) is 0 Å². The van der Waals surface area contributed by atoms with Gasteiger partial charge in [-0.1, -0.05) is 0 Å². The summed E-state index contributed by atoms with van der Waals surface area (Å²) in [5.74, 6) is -0.880. The lowest BCUT2D eigenvalue weighted by atomic mass is 10.1. The second-order valence-electron chi connectivity index (χ2n) is 2.68. The molecular formula is C9H7FN2O3. The first kappa shape index (κ1) is 10.8. The number of hydrogen-bond acceptors (Lipinski definition) is 4. The summed E-state index contributed by atoms with van der Waals surface area (Å²) in [6.07, 6.45) is 2.75. The van der Waals surface area contributed by atoms with Crippen LogP contribution in [0.4, 0.5) is 15.8 Å². The molecule has 0 unspecified atom stereocenters. The van der Waals surface area contributed by atoms with E-state index in [1.807, 2.05) is 0 Å². The maximum absolute atomic E-state index is 13.1. The molecule has 0 saturated carbocycles. The number of nitro groups is 1. The van der Waals surface area contributed by atoms with Gasteiger partial charge >= 0.3 is 0 Å². The van der Waals surface area contributed by atoms with Gasteiger partial charge in [-0.25, -0.2) is 4.39 Å². The van der Waals surface area contributed by atoms with Crippen LogP contribution in [0.1, 0.15) is 5.56 Å². The van der Waals surface area contributed by atoms with E-state index in [1.54, 1.807) is 0 Å². The standard InChI is InChI=1S/C9H7FN2O3/c10-8-5-7(12(14)15)4-6(9(8)11)2-1-3-13/h1-5H,11H2. The Bertz CT molecular complexity index is 443. The minimum absolute atomic E-state index is 0.105. The third kappa shape index (κ3) is 2.37. The molecule has 78 valence electrons. The zero-order chi connectivity index (χ0) is 11.4. The largest absolute Gasteiger partial charge is 0.396 e. The average molecular weight is 210 g/mol. The summed E-state index contributed by atoms with van der Waals surface area (Å²) >= 11 is 0. The lowest BCUT2D eigenvalue weighted by molar-refractivity contribution is -0.385. The molecular weight excluding hydrogens is 203 g/mol. The van der Waals surface area contributed by atoms with E-state index in [4.69, 9.17) is 5.73 Å². The van der Waals surface area contributed by atoms with Crippen molar-refractivity contribution in [2.24, 2.45) is 0 Å². The van der Waals surface area contributed by atoms with Gasteiger partial charge in [-0.15, -0.1) is 0 Å². The van der Waals surface area contributed by atoms with E-state index >= 15 is 0 Å². The molecule has 0 heterocycles. The maximum atomic E-state index is 13.1. The molecule has 0 aliphatic carbocycles. The third-order valence-corrected chi connectivity index (χ3v) is 1.71. The maximum Gasteiger partial charge on any atom is 0.273 e. The molecule has 0 spiro atoms. The SMILES string of the molecule is Nc1c(F)cc([N+](=O)[O-])cc1C=CC=O. The van der Waals surface area contributed by atoms with Crippen LogP contribution in [-0.2, 0) is 4.79 Å². The van der Waals surface area contributed by atoms with Crippen molar-refractivity contribution in [2.45, 2.75) is 0 Å². The monoisotopic (exact) mass is 210 g/mol. The van der Waals surface area contributed by atoms with Crippen molar-refractivity contribution in [3.63, 3.8) is 0 Å². The highest BCUT2D eigenvalue weighted by molar-refractivity contribution is 5.78. The van der Waals surface area contributed by atoms with Crippen molar-refractivity contribution in [3.05, 3.63) is 39.7 Å². The van der Waals surface area contributed by atoms with Crippen LogP contribution in [0.25, 0.3) is 6.08 Å². The molecule has 1 aromatic carbocycles. The third-order valence-electron chi connectivity index (χ3n) is 1.71. The molecule has 0 aliphatic heterocycles. The number of rotatable bonds is 3. The van der Waals surface area contributed by atoms with Gasteiger partial charge in [0.15, 0.2) is 5.82 Å². The Hall–Kier alpha value is -2.24. The van der Waals surface area contributed by atoms with Crippen LogP contribution < -0.4 is 5.73 Å². The summed E-state index contributed by atoms with van der Waals surface area (Å²) in [6.45, 7) is 0. The summed E-state index contributed by atoms with van der Waals surface area (Å²) in [5, 5.41) is 10.4. The van der Waals surface area contributed by atoms with Crippen molar-refractivity contribution in [1.82, 2.24) is 0 Å². The Kier molecular flexibility index (Phi) is 3.12. The molecule has 0 bridgehead atoms. The molecule has 0 aromatic heterocycles. The van der Waals surface area contributed by atoms with Crippen LogP contribution in [0.2, 0.25) is 0 Å². The van der Waals surface area contributed by atoms with E-state index in [2.05, 4.69) is 0 Å². The summed E-state index contributed by atoms with van der Waals surface area (Å²) in [4.78, 5) is 19.7. The second kappa shape index (κ2) is 4.32. The molecule has 0 aliphatic rings. The van der Waals surface area contributed by atoms with E-state index in [-0.39, 0.29) is 11.3 Å². The first-order valence-corrected chi connectivity index (χ1v) is 3.91.